The van der Waals surface area contributed by atoms with E-state index in [1.807, 2.05) is 6.20 Å². The third kappa shape index (κ3) is 3.06. The SMILES string of the molecule is CNC1CCC(N(C)C(C)c2nccs2)CC1. The van der Waals surface area contributed by atoms with Gasteiger partial charge in [-0.25, -0.2) is 4.98 Å². The molecule has 3 nitrogen and oxygen atoms in total. The Labute approximate surface area is 108 Å². The Morgan fingerprint density at radius 1 is 1.41 bits per heavy atom. The molecule has 0 spiro atoms. The molecule has 0 saturated heterocycles. The number of hydrogen-bond acceptors (Lipinski definition) is 4. The molecule has 2 rings (SSSR count). The summed E-state index contributed by atoms with van der Waals surface area (Å²) in [5, 5.41) is 6.70. The lowest BCUT2D eigenvalue weighted by molar-refractivity contribution is 0.136. The summed E-state index contributed by atoms with van der Waals surface area (Å²) in [5.74, 6) is 0. The highest BCUT2D eigenvalue weighted by atomic mass is 32.1. The average Bonchev–Trinajstić information content (AvgIpc) is 2.91. The number of nitrogens with one attached hydrogen (secondary N) is 1. The molecule has 4 heteroatoms. The van der Waals surface area contributed by atoms with Gasteiger partial charge in [-0.1, -0.05) is 0 Å². The van der Waals surface area contributed by atoms with E-state index in [1.54, 1.807) is 11.3 Å². The Balaban J connectivity index is 1.90. The fraction of sp³-hybridized carbons (Fsp3) is 0.769. The molecule has 17 heavy (non-hydrogen) atoms. The van der Waals surface area contributed by atoms with Crippen LogP contribution in [0.15, 0.2) is 11.6 Å². The van der Waals surface area contributed by atoms with Crippen LogP contribution in [0.25, 0.3) is 0 Å². The minimum atomic E-state index is 0.450. The van der Waals surface area contributed by atoms with Crippen molar-refractivity contribution in [3.63, 3.8) is 0 Å². The number of rotatable bonds is 4. The van der Waals surface area contributed by atoms with Gasteiger partial charge in [0.05, 0.1) is 6.04 Å². The second-order valence-electron chi connectivity index (χ2n) is 5.01. The van der Waals surface area contributed by atoms with Crippen LogP contribution in [0.4, 0.5) is 0 Å². The second-order valence-corrected chi connectivity index (χ2v) is 5.93. The van der Waals surface area contributed by atoms with Gasteiger partial charge in [-0.2, -0.15) is 0 Å². The van der Waals surface area contributed by atoms with Crippen molar-refractivity contribution in [2.45, 2.75) is 50.7 Å². The first kappa shape index (κ1) is 13.0. The van der Waals surface area contributed by atoms with E-state index in [0.717, 1.165) is 12.1 Å². The van der Waals surface area contributed by atoms with E-state index in [-0.39, 0.29) is 0 Å². The molecular formula is C13H23N3S. The summed E-state index contributed by atoms with van der Waals surface area (Å²) in [6.45, 7) is 2.27. The first-order valence-electron chi connectivity index (χ1n) is 6.51. The van der Waals surface area contributed by atoms with Gasteiger partial charge in [0.25, 0.3) is 0 Å². The molecule has 1 aromatic rings. The Bertz CT molecular complexity index is 317. The van der Waals surface area contributed by atoms with Crippen molar-refractivity contribution in [3.8, 4) is 0 Å². The zero-order valence-electron chi connectivity index (χ0n) is 11.0. The summed E-state index contributed by atoms with van der Waals surface area (Å²) in [6.07, 6.45) is 7.11. The smallest absolute Gasteiger partial charge is 0.109 e. The Morgan fingerprint density at radius 2 is 2.12 bits per heavy atom. The molecule has 0 aromatic carbocycles. The van der Waals surface area contributed by atoms with Gasteiger partial charge in [0.15, 0.2) is 0 Å². The lowest BCUT2D eigenvalue weighted by Gasteiger charge is -2.37. The van der Waals surface area contributed by atoms with Gasteiger partial charge >= 0.3 is 0 Å². The zero-order chi connectivity index (χ0) is 12.3. The highest BCUT2D eigenvalue weighted by Crippen LogP contribution is 2.29. The fourth-order valence-electron chi connectivity index (χ4n) is 2.70. The van der Waals surface area contributed by atoms with E-state index in [1.165, 1.54) is 30.7 Å². The fourth-order valence-corrected chi connectivity index (χ4v) is 3.45. The maximum Gasteiger partial charge on any atom is 0.109 e. The monoisotopic (exact) mass is 253 g/mol. The van der Waals surface area contributed by atoms with Crippen LogP contribution < -0.4 is 5.32 Å². The van der Waals surface area contributed by atoms with Gasteiger partial charge < -0.3 is 5.32 Å². The van der Waals surface area contributed by atoms with Gasteiger partial charge in [-0.05, 0) is 46.7 Å². The normalized spacial score (nSPS) is 27.3. The largest absolute Gasteiger partial charge is 0.317 e. The first-order valence-corrected chi connectivity index (χ1v) is 7.39. The number of aromatic nitrogens is 1. The molecule has 1 aliphatic carbocycles. The Kier molecular flexibility index (Phi) is 4.54. The van der Waals surface area contributed by atoms with Crippen molar-refractivity contribution in [3.05, 3.63) is 16.6 Å². The molecule has 0 aliphatic heterocycles. The van der Waals surface area contributed by atoms with Crippen LogP contribution in [0.2, 0.25) is 0 Å². The minimum absolute atomic E-state index is 0.450. The van der Waals surface area contributed by atoms with Crippen LogP contribution in [-0.4, -0.2) is 36.1 Å². The van der Waals surface area contributed by atoms with Crippen LogP contribution in [0.3, 0.4) is 0 Å². The summed E-state index contributed by atoms with van der Waals surface area (Å²) in [4.78, 5) is 6.93. The first-order chi connectivity index (χ1) is 8.22. The molecule has 1 fully saturated rings. The summed E-state index contributed by atoms with van der Waals surface area (Å²) in [7, 11) is 4.32. The molecular weight excluding hydrogens is 230 g/mol. The van der Waals surface area contributed by atoms with E-state index >= 15 is 0 Å². The van der Waals surface area contributed by atoms with E-state index in [0.29, 0.717) is 6.04 Å². The zero-order valence-corrected chi connectivity index (χ0v) is 11.8. The van der Waals surface area contributed by atoms with Gasteiger partial charge in [0.2, 0.25) is 0 Å². The molecule has 1 unspecified atom stereocenters. The predicted octanol–water partition coefficient (Wildman–Crippen LogP) is 2.67. The highest BCUT2D eigenvalue weighted by molar-refractivity contribution is 7.09. The molecule has 1 aliphatic rings. The molecule has 0 amide bonds. The molecule has 1 saturated carbocycles. The van der Waals surface area contributed by atoms with Gasteiger partial charge in [0.1, 0.15) is 5.01 Å². The highest BCUT2D eigenvalue weighted by Gasteiger charge is 2.26. The molecule has 1 atom stereocenters. The maximum absolute atomic E-state index is 4.43. The van der Waals surface area contributed by atoms with Gasteiger partial charge in [0, 0.05) is 23.7 Å². The maximum atomic E-state index is 4.43. The average molecular weight is 253 g/mol. The number of hydrogen-bond donors (Lipinski definition) is 1. The van der Waals surface area contributed by atoms with Crippen molar-refractivity contribution in [2.24, 2.45) is 0 Å². The summed E-state index contributed by atoms with van der Waals surface area (Å²) < 4.78 is 0. The van der Waals surface area contributed by atoms with Crippen molar-refractivity contribution in [1.82, 2.24) is 15.2 Å². The van der Waals surface area contributed by atoms with Crippen LogP contribution >= 0.6 is 11.3 Å². The summed E-state index contributed by atoms with van der Waals surface area (Å²) in [5.41, 5.74) is 0. The lowest BCUT2D eigenvalue weighted by Crippen LogP contribution is -2.40. The van der Waals surface area contributed by atoms with Gasteiger partial charge in [-0.3, -0.25) is 4.90 Å². The van der Waals surface area contributed by atoms with Crippen molar-refractivity contribution in [2.75, 3.05) is 14.1 Å². The third-order valence-electron chi connectivity index (χ3n) is 4.10. The Morgan fingerprint density at radius 3 is 2.65 bits per heavy atom. The van der Waals surface area contributed by atoms with E-state index in [9.17, 15) is 0 Å². The number of nitrogens with zero attached hydrogens (tertiary/aromatic N) is 2. The van der Waals surface area contributed by atoms with E-state index < -0.39 is 0 Å². The van der Waals surface area contributed by atoms with Crippen LogP contribution in [0.5, 0.6) is 0 Å². The Hall–Kier alpha value is -0.450. The third-order valence-corrected chi connectivity index (χ3v) is 5.05. The molecule has 1 heterocycles. The molecule has 0 bridgehead atoms. The number of thiazole rings is 1. The summed E-state index contributed by atoms with van der Waals surface area (Å²) >= 11 is 1.76. The quantitative estimate of drug-likeness (QED) is 0.894. The van der Waals surface area contributed by atoms with Crippen molar-refractivity contribution in [1.29, 1.82) is 0 Å². The van der Waals surface area contributed by atoms with Gasteiger partial charge in [-0.15, -0.1) is 11.3 Å². The van der Waals surface area contributed by atoms with E-state index in [4.69, 9.17) is 0 Å². The minimum Gasteiger partial charge on any atom is -0.317 e. The molecule has 0 radical (unpaired) electrons. The second kappa shape index (κ2) is 5.94. The van der Waals surface area contributed by atoms with Crippen molar-refractivity contribution >= 4 is 11.3 Å². The molecule has 1 aromatic heterocycles. The molecule has 1 N–H and O–H groups in total. The van der Waals surface area contributed by atoms with Crippen LogP contribution in [0.1, 0.15) is 43.7 Å². The molecule has 96 valence electrons. The van der Waals surface area contributed by atoms with Crippen LogP contribution in [-0.2, 0) is 0 Å². The van der Waals surface area contributed by atoms with Crippen LogP contribution in [0, 0.1) is 0 Å². The standard InChI is InChI=1S/C13H23N3S/c1-10(13-15-8-9-17-13)16(3)12-6-4-11(14-2)5-7-12/h8-12,14H,4-7H2,1-3H3. The topological polar surface area (TPSA) is 28.2 Å². The lowest BCUT2D eigenvalue weighted by atomic mass is 9.90. The van der Waals surface area contributed by atoms with Crippen molar-refractivity contribution < 1.29 is 0 Å². The predicted molar refractivity (Wildman–Crippen MR) is 73.4 cm³/mol. The summed E-state index contributed by atoms with van der Waals surface area (Å²) in [6, 6.07) is 1.90. The van der Waals surface area contributed by atoms with E-state index in [2.05, 4.69) is 41.6 Å².